The predicted molar refractivity (Wildman–Crippen MR) is 55.6 cm³/mol. The van der Waals surface area contributed by atoms with E-state index in [1.165, 1.54) is 12.8 Å². The van der Waals surface area contributed by atoms with E-state index in [1.807, 2.05) is 6.92 Å². The molecule has 0 bridgehead atoms. The number of carbonyl (C=O) groups excluding carboxylic acids is 1. The van der Waals surface area contributed by atoms with Gasteiger partial charge in [0.1, 0.15) is 0 Å². The fourth-order valence-corrected chi connectivity index (χ4v) is 1.56. The quantitative estimate of drug-likeness (QED) is 0.603. The number of carbonyl (C=O) groups is 1. The molecular weight excluding hydrogens is 160 g/mol. The lowest BCUT2D eigenvalue weighted by Gasteiger charge is -2.11. The summed E-state index contributed by atoms with van der Waals surface area (Å²) in [5.74, 6) is 0.298. The van der Waals surface area contributed by atoms with Crippen LogP contribution in [0.4, 0.5) is 0 Å². The first kappa shape index (κ1) is 10.2. The van der Waals surface area contributed by atoms with Crippen LogP contribution >= 0.6 is 0 Å². The number of rotatable bonds is 4. The van der Waals surface area contributed by atoms with Crippen LogP contribution in [0.2, 0.25) is 0 Å². The first-order valence-electron chi connectivity index (χ1n) is 5.13. The fourth-order valence-electron chi connectivity index (χ4n) is 1.56. The molecule has 0 aromatic carbocycles. The van der Waals surface area contributed by atoms with E-state index >= 15 is 0 Å². The Bertz CT molecular complexity index is 236. The standard InChI is InChI=1S/C12H18O/c1-3-10(2)9-12(13)11-7-5-4-6-8-11/h7H,2-6,8-9H2,1H3. The summed E-state index contributed by atoms with van der Waals surface area (Å²) in [4.78, 5) is 11.6. The highest BCUT2D eigenvalue weighted by atomic mass is 16.1. The van der Waals surface area contributed by atoms with Crippen LogP contribution in [0.5, 0.6) is 0 Å². The smallest absolute Gasteiger partial charge is 0.162 e. The molecule has 0 saturated carbocycles. The monoisotopic (exact) mass is 178 g/mol. The Morgan fingerprint density at radius 3 is 2.85 bits per heavy atom. The van der Waals surface area contributed by atoms with Gasteiger partial charge in [-0.05, 0) is 37.7 Å². The van der Waals surface area contributed by atoms with Crippen molar-refractivity contribution in [3.8, 4) is 0 Å². The van der Waals surface area contributed by atoms with Crippen molar-refractivity contribution >= 4 is 5.78 Å². The molecular formula is C12H18O. The minimum Gasteiger partial charge on any atom is -0.294 e. The maximum absolute atomic E-state index is 11.6. The molecule has 1 rings (SSSR count). The van der Waals surface area contributed by atoms with Gasteiger partial charge in [-0.3, -0.25) is 4.79 Å². The molecule has 0 fully saturated rings. The van der Waals surface area contributed by atoms with Crippen LogP contribution in [0.25, 0.3) is 0 Å². The lowest BCUT2D eigenvalue weighted by molar-refractivity contribution is -0.115. The van der Waals surface area contributed by atoms with Crippen LogP contribution in [-0.4, -0.2) is 5.78 Å². The van der Waals surface area contributed by atoms with E-state index < -0.39 is 0 Å². The molecule has 0 radical (unpaired) electrons. The zero-order chi connectivity index (χ0) is 9.68. The van der Waals surface area contributed by atoms with Gasteiger partial charge < -0.3 is 0 Å². The van der Waals surface area contributed by atoms with Crippen molar-refractivity contribution < 1.29 is 4.79 Å². The predicted octanol–water partition coefficient (Wildman–Crippen LogP) is 3.41. The van der Waals surface area contributed by atoms with Gasteiger partial charge in [-0.2, -0.15) is 0 Å². The lowest BCUT2D eigenvalue weighted by atomic mass is 9.93. The molecule has 0 aromatic rings. The van der Waals surface area contributed by atoms with Crippen molar-refractivity contribution in [2.45, 2.75) is 45.4 Å². The van der Waals surface area contributed by atoms with Gasteiger partial charge in [0.15, 0.2) is 5.78 Å². The minimum atomic E-state index is 0.298. The third-order valence-electron chi connectivity index (χ3n) is 2.56. The van der Waals surface area contributed by atoms with Gasteiger partial charge >= 0.3 is 0 Å². The van der Waals surface area contributed by atoms with Gasteiger partial charge in [-0.15, -0.1) is 0 Å². The Hall–Kier alpha value is -0.850. The second-order valence-electron chi connectivity index (χ2n) is 3.68. The average molecular weight is 178 g/mol. The van der Waals surface area contributed by atoms with Crippen molar-refractivity contribution in [1.82, 2.24) is 0 Å². The topological polar surface area (TPSA) is 17.1 Å². The molecule has 1 aliphatic rings. The van der Waals surface area contributed by atoms with Crippen molar-refractivity contribution in [3.63, 3.8) is 0 Å². The average Bonchev–Trinajstić information content (AvgIpc) is 2.19. The first-order chi connectivity index (χ1) is 6.24. The summed E-state index contributed by atoms with van der Waals surface area (Å²) in [5, 5.41) is 0. The Kier molecular flexibility index (Phi) is 3.94. The number of allylic oxidation sites excluding steroid dienone is 3. The van der Waals surface area contributed by atoms with Gasteiger partial charge in [-0.25, -0.2) is 0 Å². The zero-order valence-electron chi connectivity index (χ0n) is 8.44. The van der Waals surface area contributed by atoms with Crippen molar-refractivity contribution in [2.75, 3.05) is 0 Å². The molecule has 0 atom stereocenters. The van der Waals surface area contributed by atoms with E-state index in [-0.39, 0.29) is 0 Å². The molecule has 0 unspecified atom stereocenters. The fraction of sp³-hybridized carbons (Fsp3) is 0.583. The Morgan fingerprint density at radius 1 is 1.54 bits per heavy atom. The van der Waals surface area contributed by atoms with E-state index in [9.17, 15) is 4.79 Å². The maximum atomic E-state index is 11.6. The maximum Gasteiger partial charge on any atom is 0.162 e. The highest BCUT2D eigenvalue weighted by molar-refractivity contribution is 5.96. The van der Waals surface area contributed by atoms with Crippen LogP contribution in [0.15, 0.2) is 23.8 Å². The summed E-state index contributed by atoms with van der Waals surface area (Å²) in [5.41, 5.74) is 2.09. The Morgan fingerprint density at radius 2 is 2.31 bits per heavy atom. The molecule has 0 saturated heterocycles. The first-order valence-corrected chi connectivity index (χ1v) is 5.13. The van der Waals surface area contributed by atoms with Gasteiger partial charge in [0, 0.05) is 6.42 Å². The number of hydrogen-bond acceptors (Lipinski definition) is 1. The molecule has 0 N–H and O–H groups in total. The normalized spacial score (nSPS) is 16.5. The molecule has 0 heterocycles. The highest BCUT2D eigenvalue weighted by Crippen LogP contribution is 2.20. The second kappa shape index (κ2) is 5.00. The second-order valence-corrected chi connectivity index (χ2v) is 3.68. The molecule has 13 heavy (non-hydrogen) atoms. The SMILES string of the molecule is C=C(CC)CC(=O)C1=CCCCC1. The third kappa shape index (κ3) is 3.17. The van der Waals surface area contributed by atoms with Crippen molar-refractivity contribution in [1.29, 1.82) is 0 Å². The van der Waals surface area contributed by atoms with E-state index in [0.29, 0.717) is 12.2 Å². The summed E-state index contributed by atoms with van der Waals surface area (Å²) in [6.45, 7) is 5.91. The summed E-state index contributed by atoms with van der Waals surface area (Å²) < 4.78 is 0. The molecule has 1 aliphatic carbocycles. The molecule has 0 amide bonds. The Labute approximate surface area is 80.5 Å². The summed E-state index contributed by atoms with van der Waals surface area (Å²) in [6.07, 6.45) is 8.06. The highest BCUT2D eigenvalue weighted by Gasteiger charge is 2.12. The lowest BCUT2D eigenvalue weighted by Crippen LogP contribution is -2.06. The number of Topliss-reactive ketones (excluding diaryl/α,β-unsaturated/α-hetero) is 1. The van der Waals surface area contributed by atoms with Gasteiger partial charge in [0.25, 0.3) is 0 Å². The molecule has 0 spiro atoms. The summed E-state index contributed by atoms with van der Waals surface area (Å²) in [7, 11) is 0. The van der Waals surface area contributed by atoms with Crippen LogP contribution in [0.3, 0.4) is 0 Å². The van der Waals surface area contributed by atoms with Crippen molar-refractivity contribution in [3.05, 3.63) is 23.8 Å². The number of ketones is 1. The van der Waals surface area contributed by atoms with E-state index in [4.69, 9.17) is 0 Å². The molecule has 1 nitrogen and oxygen atoms in total. The van der Waals surface area contributed by atoms with E-state index in [0.717, 1.165) is 30.4 Å². The van der Waals surface area contributed by atoms with Crippen LogP contribution in [0, 0.1) is 0 Å². The third-order valence-corrected chi connectivity index (χ3v) is 2.56. The summed E-state index contributed by atoms with van der Waals surface area (Å²) in [6, 6.07) is 0. The zero-order valence-corrected chi connectivity index (χ0v) is 8.44. The minimum absolute atomic E-state index is 0.298. The van der Waals surface area contributed by atoms with Crippen LogP contribution < -0.4 is 0 Å². The van der Waals surface area contributed by atoms with E-state index in [1.54, 1.807) is 0 Å². The van der Waals surface area contributed by atoms with Crippen molar-refractivity contribution in [2.24, 2.45) is 0 Å². The number of hydrogen-bond donors (Lipinski definition) is 0. The molecule has 0 aliphatic heterocycles. The summed E-state index contributed by atoms with van der Waals surface area (Å²) >= 11 is 0. The Balaban J connectivity index is 2.47. The van der Waals surface area contributed by atoms with Gasteiger partial charge in [0.05, 0.1) is 0 Å². The van der Waals surface area contributed by atoms with Gasteiger partial charge in [-0.1, -0.05) is 25.2 Å². The molecule has 72 valence electrons. The molecule has 0 aromatic heterocycles. The van der Waals surface area contributed by atoms with E-state index in [2.05, 4.69) is 12.7 Å². The molecule has 1 heteroatoms. The largest absolute Gasteiger partial charge is 0.294 e. The van der Waals surface area contributed by atoms with Crippen LogP contribution in [-0.2, 0) is 4.79 Å². The van der Waals surface area contributed by atoms with Gasteiger partial charge in [0.2, 0.25) is 0 Å². The van der Waals surface area contributed by atoms with Crippen LogP contribution in [0.1, 0.15) is 45.4 Å².